The van der Waals surface area contributed by atoms with Gasteiger partial charge in [-0.2, -0.15) is 0 Å². The SMILES string of the molecule is CC/C=C/[C@H]1CCC[C@@H]1CC=C=C([16OH])C([16OH])([16OH])C(OC)(Oc1ccccc1)C(=O)OCC. The highest BCUT2D eigenvalue weighted by Gasteiger charge is 2.64. The van der Waals surface area contributed by atoms with Gasteiger partial charge in [0.1, 0.15) is 5.75 Å². The molecular weight excluding hydrogens is 412 g/mol. The van der Waals surface area contributed by atoms with Crippen molar-refractivity contribution < 1.29 is 34.3 Å². The van der Waals surface area contributed by atoms with E-state index in [1.165, 1.54) is 12.1 Å². The fraction of sp³-hybridized carbons (Fsp3) is 0.520. The van der Waals surface area contributed by atoms with Crippen LogP contribution >= 0.6 is 0 Å². The topological polar surface area (TPSA) is 105 Å². The Morgan fingerprint density at radius 2 is 1.94 bits per heavy atom. The van der Waals surface area contributed by atoms with Crippen LogP contribution in [0.15, 0.2) is 60.1 Å². The van der Waals surface area contributed by atoms with Crippen LogP contribution < -0.4 is 4.74 Å². The molecule has 1 aromatic rings. The largest absolute Gasteiger partial charge is 0.500 e. The molecule has 0 aromatic heterocycles. The van der Waals surface area contributed by atoms with E-state index in [0.717, 1.165) is 32.8 Å². The Labute approximate surface area is 189 Å². The minimum atomic E-state index is -3.27. The molecule has 32 heavy (non-hydrogen) atoms. The summed E-state index contributed by atoms with van der Waals surface area (Å²) in [6.07, 6.45) is 10.8. The van der Waals surface area contributed by atoms with E-state index in [2.05, 4.69) is 24.8 Å². The summed E-state index contributed by atoms with van der Waals surface area (Å²) in [4.78, 5) is 12.7. The third-order valence-electron chi connectivity index (χ3n) is 5.62. The van der Waals surface area contributed by atoms with Gasteiger partial charge in [-0.3, -0.25) is 0 Å². The van der Waals surface area contributed by atoms with Gasteiger partial charge in [-0.25, -0.2) is 4.79 Å². The fourth-order valence-electron chi connectivity index (χ4n) is 3.89. The van der Waals surface area contributed by atoms with Gasteiger partial charge in [-0.15, -0.1) is 0 Å². The monoisotopic (exact) mass is 446 g/mol. The minimum Gasteiger partial charge on any atom is -0.500 e. The molecule has 0 amide bonds. The third-order valence-corrected chi connectivity index (χ3v) is 5.62. The minimum absolute atomic E-state index is 0.0627. The van der Waals surface area contributed by atoms with Crippen LogP contribution in [-0.2, 0) is 14.3 Å². The predicted molar refractivity (Wildman–Crippen MR) is 120 cm³/mol. The highest BCUT2D eigenvalue weighted by atomic mass is 16.8. The normalized spacial score (nSPS) is 20.4. The van der Waals surface area contributed by atoms with Gasteiger partial charge >= 0.3 is 17.5 Å². The molecular formula is C25H34O7. The number of carbonyl (C=O) groups excluding carboxylic acids is 1. The molecule has 0 radical (unpaired) electrons. The van der Waals surface area contributed by atoms with Gasteiger partial charge in [0.15, 0.2) is 0 Å². The first-order chi connectivity index (χ1) is 15.3. The Hall–Kier alpha value is -2.57. The maximum Gasteiger partial charge on any atom is 0.386 e. The van der Waals surface area contributed by atoms with E-state index in [1.54, 1.807) is 31.2 Å². The van der Waals surface area contributed by atoms with E-state index < -0.39 is 23.3 Å². The van der Waals surface area contributed by atoms with E-state index in [0.29, 0.717) is 18.3 Å². The average molecular weight is 447 g/mol. The maximum atomic E-state index is 12.7. The predicted octanol–water partition coefficient (Wildman–Crippen LogP) is 4.02. The summed E-state index contributed by atoms with van der Waals surface area (Å²) in [7, 11) is 1.06. The van der Waals surface area contributed by atoms with Crippen LogP contribution in [0.25, 0.3) is 0 Å². The maximum absolute atomic E-state index is 12.7. The number of carbonyl (C=O) groups is 1. The first-order valence-electron chi connectivity index (χ1n) is 11.0. The summed E-state index contributed by atoms with van der Waals surface area (Å²) in [6, 6.07) is 8.01. The standard InChI is InChI=1S/C25H34O7/c1-4-6-12-19-13-10-14-20(19)15-11-18-22(26)24(28,29)25(30-3,23(27)31-5-2)32-21-16-8-7-9-17-21/h6-9,11-12,16-17,19-20,26,28-29H,4-5,10,13-15H2,1-3H3/b12-6+/t18?,19-,20+,25?/m0/s1/i26+0,28+0,29+0. The number of para-hydroxylation sites is 1. The lowest BCUT2D eigenvalue weighted by molar-refractivity contribution is -0.334. The van der Waals surface area contributed by atoms with Crippen LogP contribution in [0, 0.1) is 11.8 Å². The van der Waals surface area contributed by atoms with Crippen LogP contribution in [0.4, 0.5) is 0 Å². The molecule has 0 heterocycles. The van der Waals surface area contributed by atoms with Crippen LogP contribution in [0.3, 0.4) is 0 Å². The van der Waals surface area contributed by atoms with Crippen molar-refractivity contribution in [3.8, 4) is 5.75 Å². The summed E-state index contributed by atoms with van der Waals surface area (Å²) in [5, 5.41) is 32.2. The summed E-state index contributed by atoms with van der Waals surface area (Å²) in [5.41, 5.74) is 2.50. The molecule has 1 saturated carbocycles. The number of ether oxygens (including phenoxy) is 3. The van der Waals surface area contributed by atoms with Gasteiger partial charge in [-0.05, 0) is 62.7 Å². The first-order valence-corrected chi connectivity index (χ1v) is 11.0. The molecule has 2 rings (SSSR count). The molecule has 1 fully saturated rings. The summed E-state index contributed by atoms with van der Waals surface area (Å²) in [5.74, 6) is -7.31. The zero-order chi connectivity index (χ0) is 23.6. The Morgan fingerprint density at radius 3 is 2.56 bits per heavy atom. The summed E-state index contributed by atoms with van der Waals surface area (Å²) < 4.78 is 15.7. The number of hydrogen-bond donors (Lipinski definition) is 3. The van der Waals surface area contributed by atoms with Crippen molar-refractivity contribution in [1.29, 1.82) is 0 Å². The lowest BCUT2D eigenvalue weighted by atomic mass is 9.92. The fourth-order valence-corrected chi connectivity index (χ4v) is 3.89. The Bertz CT molecular complexity index is 824. The number of aliphatic hydroxyl groups is 3. The van der Waals surface area contributed by atoms with Crippen LogP contribution in [0.5, 0.6) is 5.75 Å². The zero-order valence-electron chi connectivity index (χ0n) is 19.0. The molecule has 3 N–H and O–H groups in total. The molecule has 3 atom stereocenters. The molecule has 1 aliphatic carbocycles. The molecule has 176 valence electrons. The Kier molecular flexibility index (Phi) is 9.54. The summed E-state index contributed by atoms with van der Waals surface area (Å²) in [6.45, 7) is 3.58. The van der Waals surface area contributed by atoms with E-state index in [-0.39, 0.29) is 12.4 Å². The van der Waals surface area contributed by atoms with Crippen molar-refractivity contribution in [2.75, 3.05) is 13.7 Å². The Balaban J connectivity index is 2.33. The lowest BCUT2D eigenvalue weighted by Crippen LogP contribution is -2.65. The second-order valence-corrected chi connectivity index (χ2v) is 7.75. The number of rotatable bonds is 11. The van der Waals surface area contributed by atoms with Crippen molar-refractivity contribution in [2.24, 2.45) is 11.8 Å². The molecule has 7 nitrogen and oxygen atoms in total. The van der Waals surface area contributed by atoms with Gasteiger partial charge in [0.25, 0.3) is 0 Å². The number of esters is 1. The van der Waals surface area contributed by atoms with Gasteiger partial charge in [0, 0.05) is 7.11 Å². The quantitative estimate of drug-likeness (QED) is 0.155. The van der Waals surface area contributed by atoms with Crippen LogP contribution in [-0.4, -0.2) is 46.6 Å². The molecule has 0 bridgehead atoms. The average Bonchev–Trinajstić information content (AvgIpc) is 3.23. The van der Waals surface area contributed by atoms with Gasteiger partial charge in [-0.1, -0.05) is 49.4 Å². The molecule has 1 aromatic carbocycles. The van der Waals surface area contributed by atoms with Crippen LogP contribution in [0.1, 0.15) is 46.0 Å². The van der Waals surface area contributed by atoms with Crippen LogP contribution in [0.2, 0.25) is 0 Å². The highest BCUT2D eigenvalue weighted by molar-refractivity contribution is 5.80. The lowest BCUT2D eigenvalue weighted by Gasteiger charge is -2.38. The third kappa shape index (κ3) is 5.81. The number of aliphatic hydroxyl groups excluding tert-OH is 1. The first kappa shape index (κ1) is 25.7. The molecule has 1 aliphatic rings. The molecule has 0 spiro atoms. The number of methoxy groups -OCH3 is 1. The van der Waals surface area contributed by atoms with Crippen molar-refractivity contribution in [1.82, 2.24) is 0 Å². The number of benzene rings is 1. The van der Waals surface area contributed by atoms with Crippen molar-refractivity contribution in [3.05, 3.63) is 60.1 Å². The van der Waals surface area contributed by atoms with E-state index in [9.17, 15) is 20.1 Å². The molecule has 7 heteroatoms. The smallest absolute Gasteiger partial charge is 0.386 e. The summed E-state index contributed by atoms with van der Waals surface area (Å²) >= 11 is 0. The van der Waals surface area contributed by atoms with Gasteiger partial charge in [0.05, 0.1) is 6.61 Å². The number of allylic oxidation sites excluding steroid dienone is 2. The number of hydrogen-bond acceptors (Lipinski definition) is 7. The van der Waals surface area contributed by atoms with Gasteiger partial charge in [0.2, 0.25) is 5.76 Å². The van der Waals surface area contributed by atoms with E-state index in [4.69, 9.17) is 14.2 Å². The molecule has 0 aliphatic heterocycles. The van der Waals surface area contributed by atoms with Crippen molar-refractivity contribution in [2.45, 2.75) is 57.5 Å². The second kappa shape index (κ2) is 11.9. The highest BCUT2D eigenvalue weighted by Crippen LogP contribution is 2.36. The van der Waals surface area contributed by atoms with Crippen molar-refractivity contribution >= 4 is 5.97 Å². The van der Waals surface area contributed by atoms with Crippen molar-refractivity contribution in [3.63, 3.8) is 0 Å². The van der Waals surface area contributed by atoms with E-state index >= 15 is 0 Å². The zero-order valence-corrected chi connectivity index (χ0v) is 19.0. The Morgan fingerprint density at radius 1 is 1.22 bits per heavy atom. The van der Waals surface area contributed by atoms with E-state index in [1.807, 2.05) is 0 Å². The second-order valence-electron chi connectivity index (χ2n) is 7.75. The molecule has 0 saturated heterocycles. The molecule has 1 unspecified atom stereocenters. The van der Waals surface area contributed by atoms with Gasteiger partial charge < -0.3 is 29.5 Å².